The number of carboxylic acids is 1. The quantitative estimate of drug-likeness (QED) is 0.269. The zero-order valence-corrected chi connectivity index (χ0v) is 22.5. The van der Waals surface area contributed by atoms with Crippen molar-refractivity contribution < 1.29 is 14.3 Å². The van der Waals surface area contributed by atoms with Gasteiger partial charge in [0.05, 0.1) is 0 Å². The Kier molecular flexibility index (Phi) is 8.47. The second kappa shape index (κ2) is 11.6. The summed E-state index contributed by atoms with van der Waals surface area (Å²) in [7, 11) is 0. The number of carbonyl (C=O) groups is 1. The summed E-state index contributed by atoms with van der Waals surface area (Å²) in [5.74, 6) is -0.837. The molecule has 8 heteroatoms. The third-order valence-electron chi connectivity index (χ3n) is 7.27. The van der Waals surface area contributed by atoms with Crippen LogP contribution < -0.4 is 10.2 Å². The standard InChI is InChI=1S/C29H30FN3O2S.ClH/c1-18(24-12-6-8-20-7-3-4-11-25(20)24)31-16-22-13-14-33(29-32-27(28(34)35)19(2)36-29)17-26(22)21-9-5-10-23(30)15-21;/h3-12,15,18,22,26,31H,13-14,16-17H2,1-2H3,(H,34,35);1H/t18-,22?,26?;/m1./s1. The molecule has 0 aliphatic carbocycles. The van der Waals surface area contributed by atoms with Crippen molar-refractivity contribution in [2.75, 3.05) is 24.5 Å². The summed E-state index contributed by atoms with van der Waals surface area (Å²) in [6.45, 7) is 6.24. The summed E-state index contributed by atoms with van der Waals surface area (Å²) in [4.78, 5) is 18.8. The van der Waals surface area contributed by atoms with Crippen LogP contribution in [-0.4, -0.2) is 35.7 Å². The predicted molar refractivity (Wildman–Crippen MR) is 151 cm³/mol. The summed E-state index contributed by atoms with van der Waals surface area (Å²) in [6.07, 6.45) is 0.900. The Morgan fingerprint density at radius 2 is 1.95 bits per heavy atom. The average Bonchev–Trinajstić information content (AvgIpc) is 3.28. The second-order valence-electron chi connectivity index (χ2n) is 9.56. The molecule has 1 aliphatic rings. The summed E-state index contributed by atoms with van der Waals surface area (Å²) < 4.78 is 14.2. The topological polar surface area (TPSA) is 65.5 Å². The van der Waals surface area contributed by atoms with Gasteiger partial charge in [-0.1, -0.05) is 54.6 Å². The first-order valence-electron chi connectivity index (χ1n) is 12.3. The molecule has 2 heterocycles. The first-order valence-corrected chi connectivity index (χ1v) is 13.1. The normalized spacial score (nSPS) is 18.4. The second-order valence-corrected chi connectivity index (χ2v) is 10.7. The van der Waals surface area contributed by atoms with Crippen molar-refractivity contribution >= 4 is 45.6 Å². The first-order chi connectivity index (χ1) is 17.4. The van der Waals surface area contributed by atoms with E-state index in [1.807, 2.05) is 6.07 Å². The van der Waals surface area contributed by atoms with Crippen LogP contribution in [0, 0.1) is 18.7 Å². The van der Waals surface area contributed by atoms with Gasteiger partial charge in [0.25, 0.3) is 0 Å². The number of carboxylic acid groups (broad SMARTS) is 1. The molecule has 5 nitrogen and oxygen atoms in total. The van der Waals surface area contributed by atoms with E-state index in [2.05, 4.69) is 64.6 Å². The van der Waals surface area contributed by atoms with Crippen molar-refractivity contribution in [3.05, 3.63) is 94.2 Å². The van der Waals surface area contributed by atoms with Crippen molar-refractivity contribution in [3.8, 4) is 0 Å². The van der Waals surface area contributed by atoms with Gasteiger partial charge in [0, 0.05) is 29.9 Å². The molecule has 1 fully saturated rings. The summed E-state index contributed by atoms with van der Waals surface area (Å²) in [6, 6.07) is 21.9. The minimum absolute atomic E-state index is 0. The number of thiazole rings is 1. The average molecular weight is 540 g/mol. The highest BCUT2D eigenvalue weighted by molar-refractivity contribution is 7.15. The molecule has 3 aromatic carbocycles. The number of fused-ring (bicyclic) bond motifs is 1. The van der Waals surface area contributed by atoms with Gasteiger partial charge in [-0.2, -0.15) is 0 Å². The highest BCUT2D eigenvalue weighted by Crippen LogP contribution is 2.37. The number of benzene rings is 3. The highest BCUT2D eigenvalue weighted by Gasteiger charge is 2.33. The summed E-state index contributed by atoms with van der Waals surface area (Å²) in [5.41, 5.74) is 2.35. The van der Waals surface area contributed by atoms with E-state index in [0.717, 1.165) is 30.2 Å². The van der Waals surface area contributed by atoms with Gasteiger partial charge in [-0.15, -0.1) is 23.7 Å². The third-order valence-corrected chi connectivity index (χ3v) is 8.30. The van der Waals surface area contributed by atoms with Gasteiger partial charge in [0.2, 0.25) is 0 Å². The predicted octanol–water partition coefficient (Wildman–Crippen LogP) is 6.82. The van der Waals surface area contributed by atoms with Crippen LogP contribution in [0.5, 0.6) is 0 Å². The number of aryl methyl sites for hydroxylation is 1. The Morgan fingerprint density at radius 3 is 2.70 bits per heavy atom. The molecule has 0 amide bonds. The Labute approximate surface area is 226 Å². The molecule has 1 saturated heterocycles. The Balaban J connectivity index is 0.00000320. The zero-order valence-electron chi connectivity index (χ0n) is 20.9. The van der Waals surface area contributed by atoms with Crippen LogP contribution >= 0.6 is 23.7 Å². The molecule has 37 heavy (non-hydrogen) atoms. The zero-order chi connectivity index (χ0) is 25.2. The van der Waals surface area contributed by atoms with Gasteiger partial charge in [0.15, 0.2) is 10.8 Å². The van der Waals surface area contributed by atoms with Crippen LogP contribution in [0.4, 0.5) is 9.52 Å². The molecule has 4 aromatic rings. The van der Waals surface area contributed by atoms with Crippen LogP contribution in [0.3, 0.4) is 0 Å². The number of piperidine rings is 1. The van der Waals surface area contributed by atoms with Gasteiger partial charge in [0.1, 0.15) is 5.82 Å². The molecule has 0 bridgehead atoms. The lowest BCUT2D eigenvalue weighted by Gasteiger charge is -2.39. The number of aromatic nitrogens is 1. The van der Waals surface area contributed by atoms with E-state index in [4.69, 9.17) is 0 Å². The fourth-order valence-corrected chi connectivity index (χ4v) is 6.25. The molecule has 0 spiro atoms. The van der Waals surface area contributed by atoms with Crippen molar-refractivity contribution in [3.63, 3.8) is 0 Å². The van der Waals surface area contributed by atoms with E-state index in [1.54, 1.807) is 19.1 Å². The van der Waals surface area contributed by atoms with Crippen LogP contribution in [0.25, 0.3) is 10.8 Å². The third kappa shape index (κ3) is 5.79. The van der Waals surface area contributed by atoms with Gasteiger partial charge in [-0.3, -0.25) is 0 Å². The van der Waals surface area contributed by atoms with E-state index in [1.165, 1.54) is 33.7 Å². The smallest absolute Gasteiger partial charge is 0.355 e. The van der Waals surface area contributed by atoms with Gasteiger partial charge < -0.3 is 15.3 Å². The monoisotopic (exact) mass is 539 g/mol. The molecule has 0 radical (unpaired) electrons. The first kappa shape index (κ1) is 27.0. The van der Waals surface area contributed by atoms with Crippen molar-refractivity contribution in [1.82, 2.24) is 10.3 Å². The number of halogens is 2. The van der Waals surface area contributed by atoms with Crippen LogP contribution in [0.2, 0.25) is 0 Å². The van der Waals surface area contributed by atoms with Crippen LogP contribution in [0.1, 0.15) is 51.8 Å². The number of nitrogens with zero attached hydrogens (tertiary/aromatic N) is 2. The van der Waals surface area contributed by atoms with Crippen molar-refractivity contribution in [2.24, 2.45) is 5.92 Å². The van der Waals surface area contributed by atoms with Gasteiger partial charge >= 0.3 is 5.97 Å². The number of nitrogens with one attached hydrogen (secondary N) is 1. The number of aromatic carboxylic acids is 1. The molecular weight excluding hydrogens is 509 g/mol. The molecule has 0 saturated carbocycles. The Hall–Kier alpha value is -3.00. The molecular formula is C29H31ClFN3O2S. The molecule has 2 N–H and O–H groups in total. The van der Waals surface area contributed by atoms with Crippen LogP contribution in [-0.2, 0) is 0 Å². The number of rotatable bonds is 7. The van der Waals surface area contributed by atoms with Gasteiger partial charge in [-0.05, 0) is 66.8 Å². The Bertz CT molecular complexity index is 1390. The number of anilines is 1. The van der Waals surface area contributed by atoms with E-state index in [-0.39, 0.29) is 35.9 Å². The van der Waals surface area contributed by atoms with Crippen molar-refractivity contribution in [1.29, 1.82) is 0 Å². The molecule has 1 aromatic heterocycles. The molecule has 3 atom stereocenters. The number of hydrogen-bond acceptors (Lipinski definition) is 5. The Morgan fingerprint density at radius 1 is 1.19 bits per heavy atom. The van der Waals surface area contributed by atoms with Gasteiger partial charge in [-0.25, -0.2) is 14.2 Å². The lowest BCUT2D eigenvalue weighted by atomic mass is 9.80. The largest absolute Gasteiger partial charge is 0.476 e. The van der Waals surface area contributed by atoms with E-state index >= 15 is 0 Å². The maximum Gasteiger partial charge on any atom is 0.355 e. The lowest BCUT2D eigenvalue weighted by molar-refractivity contribution is 0.0690. The van der Waals surface area contributed by atoms with E-state index in [9.17, 15) is 14.3 Å². The van der Waals surface area contributed by atoms with E-state index in [0.29, 0.717) is 17.3 Å². The minimum atomic E-state index is -1.00. The fourth-order valence-electron chi connectivity index (χ4n) is 5.32. The molecule has 194 valence electrons. The maximum absolute atomic E-state index is 14.2. The lowest BCUT2D eigenvalue weighted by Crippen LogP contribution is -2.43. The SMILES string of the molecule is Cc1sc(N2CCC(CN[C@H](C)c3cccc4ccccc34)C(c3cccc(F)c3)C2)nc1C(=O)O.Cl. The molecule has 1 aliphatic heterocycles. The number of hydrogen-bond donors (Lipinski definition) is 2. The highest BCUT2D eigenvalue weighted by atomic mass is 35.5. The van der Waals surface area contributed by atoms with Crippen molar-refractivity contribution in [2.45, 2.75) is 32.2 Å². The maximum atomic E-state index is 14.2. The summed E-state index contributed by atoms with van der Waals surface area (Å²) >= 11 is 1.41. The molecule has 2 unspecified atom stereocenters. The summed E-state index contributed by atoms with van der Waals surface area (Å²) in [5, 5.41) is 16.4. The fraction of sp³-hybridized carbons (Fsp3) is 0.310. The molecule has 5 rings (SSSR count). The van der Waals surface area contributed by atoms with Crippen LogP contribution in [0.15, 0.2) is 66.7 Å². The van der Waals surface area contributed by atoms with E-state index < -0.39 is 5.97 Å². The minimum Gasteiger partial charge on any atom is -0.476 e.